The van der Waals surface area contributed by atoms with Gasteiger partial charge in [-0.15, -0.1) is 23.5 Å². The third-order valence-electron chi connectivity index (χ3n) is 3.89. The van der Waals surface area contributed by atoms with Gasteiger partial charge < -0.3 is 15.2 Å². The van der Waals surface area contributed by atoms with Crippen LogP contribution >= 0.6 is 68.7 Å². The standard InChI is InChI=1S/C11H14INO4S2.C10H12INO2S.2CH4/c1-4-17-11(14)7-5-8(12)9(6-10(7)18-2)13-19(3,15)16;1-3-14-10(13)6-4-7(11)8(12)5-9(6)15-2;;/h5-6,13H,4H2,1-3H3;4-5H,3,12H2,1-2H3;2*1H4. The van der Waals surface area contributed by atoms with Gasteiger partial charge in [0.2, 0.25) is 10.0 Å². The van der Waals surface area contributed by atoms with Crippen molar-refractivity contribution in [2.24, 2.45) is 0 Å². The summed E-state index contributed by atoms with van der Waals surface area (Å²) in [5, 5.41) is 0. The van der Waals surface area contributed by atoms with Gasteiger partial charge in [0.05, 0.1) is 36.3 Å². The van der Waals surface area contributed by atoms with E-state index >= 15 is 0 Å². The number of anilines is 2. The summed E-state index contributed by atoms with van der Waals surface area (Å²) >= 11 is 6.93. The number of rotatable bonds is 8. The molecule has 0 aliphatic heterocycles. The van der Waals surface area contributed by atoms with Crippen molar-refractivity contribution < 1.29 is 27.5 Å². The summed E-state index contributed by atoms with van der Waals surface area (Å²) in [7, 11) is -3.35. The normalized spacial score (nSPS) is 10.1. The van der Waals surface area contributed by atoms with E-state index in [9.17, 15) is 18.0 Å². The van der Waals surface area contributed by atoms with Crippen LogP contribution in [0.1, 0.15) is 49.4 Å². The molecule has 204 valence electrons. The van der Waals surface area contributed by atoms with Crippen molar-refractivity contribution in [2.75, 3.05) is 42.4 Å². The quantitative estimate of drug-likeness (QED) is 0.132. The first-order chi connectivity index (χ1) is 15.9. The van der Waals surface area contributed by atoms with Crippen LogP contribution in [0, 0.1) is 7.14 Å². The summed E-state index contributed by atoms with van der Waals surface area (Å²) in [6, 6.07) is 6.83. The molecule has 0 heterocycles. The van der Waals surface area contributed by atoms with Crippen LogP contribution in [-0.2, 0) is 19.5 Å². The number of hydrogen-bond donors (Lipinski definition) is 2. The van der Waals surface area contributed by atoms with Gasteiger partial charge in [-0.1, -0.05) is 14.9 Å². The van der Waals surface area contributed by atoms with Gasteiger partial charge in [-0.3, -0.25) is 4.72 Å². The number of sulfonamides is 1. The van der Waals surface area contributed by atoms with Gasteiger partial charge in [0.25, 0.3) is 0 Å². The monoisotopic (exact) mass is 784 g/mol. The van der Waals surface area contributed by atoms with E-state index in [4.69, 9.17) is 15.2 Å². The molecule has 0 aliphatic carbocycles. The fourth-order valence-corrected chi connectivity index (χ4v) is 5.50. The predicted molar refractivity (Wildman–Crippen MR) is 170 cm³/mol. The zero-order valence-electron chi connectivity index (χ0n) is 19.2. The number of carbonyl (C=O) groups excluding carboxylic acids is 2. The zero-order valence-corrected chi connectivity index (χ0v) is 26.0. The molecular formula is C23H34I2N2O6S3. The lowest BCUT2D eigenvalue weighted by atomic mass is 10.2. The average Bonchev–Trinajstić information content (AvgIpc) is 2.76. The molecule has 2 aromatic carbocycles. The second kappa shape index (κ2) is 17.6. The van der Waals surface area contributed by atoms with Crippen LogP contribution in [0.4, 0.5) is 11.4 Å². The van der Waals surface area contributed by atoms with Gasteiger partial charge >= 0.3 is 11.9 Å². The molecule has 0 fully saturated rings. The summed E-state index contributed by atoms with van der Waals surface area (Å²) in [4.78, 5) is 24.9. The molecule has 0 unspecified atom stereocenters. The van der Waals surface area contributed by atoms with Gasteiger partial charge in [-0.05, 0) is 95.8 Å². The third-order valence-corrected chi connectivity index (χ3v) is 7.87. The number of nitrogen functional groups attached to an aromatic ring is 1. The van der Waals surface area contributed by atoms with E-state index in [1.807, 2.05) is 35.1 Å². The van der Waals surface area contributed by atoms with Crippen molar-refractivity contribution in [3.63, 3.8) is 0 Å². The molecule has 0 atom stereocenters. The first-order valence-corrected chi connectivity index (χ1v) is 16.2. The molecule has 0 bridgehead atoms. The van der Waals surface area contributed by atoms with Crippen LogP contribution in [0.15, 0.2) is 34.1 Å². The molecule has 2 rings (SSSR count). The van der Waals surface area contributed by atoms with E-state index in [-0.39, 0.29) is 20.8 Å². The number of benzene rings is 2. The van der Waals surface area contributed by atoms with Crippen molar-refractivity contribution in [1.82, 2.24) is 0 Å². The number of nitrogens with one attached hydrogen (secondary N) is 1. The van der Waals surface area contributed by atoms with Gasteiger partial charge in [-0.2, -0.15) is 0 Å². The minimum Gasteiger partial charge on any atom is -0.462 e. The smallest absolute Gasteiger partial charge is 0.339 e. The number of hydrogen-bond acceptors (Lipinski definition) is 9. The lowest BCUT2D eigenvalue weighted by molar-refractivity contribution is 0.0512. The molecule has 0 amide bonds. The van der Waals surface area contributed by atoms with E-state index in [2.05, 4.69) is 27.3 Å². The fraction of sp³-hybridized carbons (Fsp3) is 0.391. The molecule has 8 nitrogen and oxygen atoms in total. The topological polar surface area (TPSA) is 125 Å². The van der Waals surface area contributed by atoms with Crippen molar-refractivity contribution in [1.29, 1.82) is 0 Å². The highest BCUT2D eigenvalue weighted by Crippen LogP contribution is 2.30. The van der Waals surface area contributed by atoms with E-state index in [1.165, 1.54) is 23.5 Å². The van der Waals surface area contributed by atoms with Gasteiger partial charge in [-0.25, -0.2) is 18.0 Å². The minimum absolute atomic E-state index is 0. The lowest BCUT2D eigenvalue weighted by Gasteiger charge is -2.12. The molecule has 13 heteroatoms. The van der Waals surface area contributed by atoms with E-state index < -0.39 is 16.0 Å². The molecule has 0 aliphatic rings. The molecule has 0 saturated carbocycles. The van der Waals surface area contributed by atoms with Gasteiger partial charge in [0, 0.05) is 22.6 Å². The second-order valence-electron chi connectivity index (χ2n) is 6.42. The molecule has 36 heavy (non-hydrogen) atoms. The summed E-state index contributed by atoms with van der Waals surface area (Å²) < 4.78 is 36.4. The van der Waals surface area contributed by atoms with E-state index in [0.717, 1.165) is 14.7 Å². The van der Waals surface area contributed by atoms with Gasteiger partial charge in [0.15, 0.2) is 0 Å². The van der Waals surface area contributed by atoms with Crippen molar-refractivity contribution in [3.05, 3.63) is 42.5 Å². The molecule has 0 radical (unpaired) electrons. The Labute approximate surface area is 250 Å². The number of carbonyl (C=O) groups is 2. The molecule has 2 aromatic rings. The van der Waals surface area contributed by atoms with Crippen LogP contribution in [0.2, 0.25) is 0 Å². The molecule has 3 N–H and O–H groups in total. The Morgan fingerprint density at radius 2 is 1.31 bits per heavy atom. The lowest BCUT2D eigenvalue weighted by Crippen LogP contribution is -2.12. The maximum atomic E-state index is 11.8. The number of thioether (sulfide) groups is 2. The Balaban J connectivity index is 0. The van der Waals surface area contributed by atoms with Crippen LogP contribution in [0.25, 0.3) is 0 Å². The van der Waals surface area contributed by atoms with Crippen LogP contribution < -0.4 is 10.5 Å². The average molecular weight is 785 g/mol. The summed E-state index contributed by atoms with van der Waals surface area (Å²) in [5.74, 6) is -0.699. The van der Waals surface area contributed by atoms with Gasteiger partial charge in [0.1, 0.15) is 0 Å². The molecule has 0 spiro atoms. The highest BCUT2D eigenvalue weighted by molar-refractivity contribution is 14.1. The first-order valence-electron chi connectivity index (χ1n) is 9.70. The number of nitrogens with two attached hydrogens (primary N) is 1. The first kappa shape index (κ1) is 37.2. The Kier molecular flexibility index (Phi) is 18.2. The van der Waals surface area contributed by atoms with Crippen LogP contribution in [0.5, 0.6) is 0 Å². The number of halogens is 2. The highest BCUT2D eigenvalue weighted by atomic mass is 127. The summed E-state index contributed by atoms with van der Waals surface area (Å²) in [5.41, 5.74) is 7.94. The maximum absolute atomic E-state index is 11.8. The Morgan fingerprint density at radius 1 is 0.889 bits per heavy atom. The van der Waals surface area contributed by atoms with E-state index in [1.54, 1.807) is 38.1 Å². The Morgan fingerprint density at radius 3 is 1.69 bits per heavy atom. The molecule has 0 aromatic heterocycles. The SMILES string of the molecule is C.C.CCOC(=O)c1cc(I)c(N)cc1SC.CCOC(=O)c1cc(I)c(NS(C)(=O)=O)cc1SC. The van der Waals surface area contributed by atoms with Crippen molar-refractivity contribution in [2.45, 2.75) is 38.5 Å². The maximum Gasteiger partial charge on any atom is 0.339 e. The number of esters is 2. The third kappa shape index (κ3) is 11.6. The van der Waals surface area contributed by atoms with Crippen LogP contribution in [0.3, 0.4) is 0 Å². The summed E-state index contributed by atoms with van der Waals surface area (Å²) in [6.07, 6.45) is 4.81. The largest absolute Gasteiger partial charge is 0.462 e. The fourth-order valence-electron chi connectivity index (χ4n) is 2.47. The van der Waals surface area contributed by atoms with Crippen molar-refractivity contribution in [3.8, 4) is 0 Å². The van der Waals surface area contributed by atoms with Crippen molar-refractivity contribution >= 4 is 102 Å². The number of ether oxygens (including phenoxy) is 2. The minimum atomic E-state index is -3.35. The zero-order chi connectivity index (χ0) is 26.1. The molecular weight excluding hydrogens is 750 g/mol. The summed E-state index contributed by atoms with van der Waals surface area (Å²) in [6.45, 7) is 4.21. The predicted octanol–water partition coefficient (Wildman–Crippen LogP) is 6.61. The molecule has 0 saturated heterocycles. The Hall–Kier alpha value is -0.910. The Bertz CT molecular complexity index is 1150. The highest BCUT2D eigenvalue weighted by Gasteiger charge is 2.17. The van der Waals surface area contributed by atoms with Crippen LogP contribution in [-0.4, -0.2) is 52.3 Å². The second-order valence-corrected chi connectivity index (χ2v) is 12.2. The van der Waals surface area contributed by atoms with E-state index in [0.29, 0.717) is 44.2 Å².